The van der Waals surface area contributed by atoms with Crippen LogP contribution in [0.5, 0.6) is 0 Å². The van der Waals surface area contributed by atoms with E-state index >= 15 is 0 Å². The second-order valence-corrected chi connectivity index (χ2v) is 4.93. The molecular formula is C12H21F3N2O2. The van der Waals surface area contributed by atoms with Crippen LogP contribution in [0.1, 0.15) is 32.1 Å². The van der Waals surface area contributed by atoms with Crippen molar-refractivity contribution in [1.82, 2.24) is 5.32 Å². The van der Waals surface area contributed by atoms with Crippen molar-refractivity contribution in [2.24, 2.45) is 11.7 Å². The number of ether oxygens (including phenoxy) is 1. The Morgan fingerprint density at radius 1 is 1.32 bits per heavy atom. The Balaban J connectivity index is 2.07. The van der Waals surface area contributed by atoms with E-state index in [1.807, 2.05) is 0 Å². The first-order chi connectivity index (χ1) is 8.88. The van der Waals surface area contributed by atoms with Crippen LogP contribution in [0.2, 0.25) is 0 Å². The Bertz CT molecular complexity index is 285. The second kappa shape index (κ2) is 7.69. The van der Waals surface area contributed by atoms with Crippen molar-refractivity contribution in [2.45, 2.75) is 44.3 Å². The van der Waals surface area contributed by atoms with Gasteiger partial charge in [0.1, 0.15) is 6.61 Å². The molecule has 1 saturated carbocycles. The third kappa shape index (κ3) is 7.37. The fourth-order valence-corrected chi connectivity index (χ4v) is 2.18. The van der Waals surface area contributed by atoms with E-state index in [1.165, 1.54) is 0 Å². The first-order valence-electron chi connectivity index (χ1n) is 6.55. The number of carbonyl (C=O) groups excluding carboxylic acids is 1. The molecule has 3 N–H and O–H groups in total. The lowest BCUT2D eigenvalue weighted by Gasteiger charge is -2.28. The van der Waals surface area contributed by atoms with Crippen molar-refractivity contribution >= 4 is 5.91 Å². The second-order valence-electron chi connectivity index (χ2n) is 4.93. The number of rotatable bonds is 6. The van der Waals surface area contributed by atoms with Crippen LogP contribution in [0.4, 0.5) is 13.2 Å². The van der Waals surface area contributed by atoms with E-state index in [0.29, 0.717) is 6.54 Å². The minimum absolute atomic E-state index is 0.0575. The standard InChI is InChI=1S/C12H21F3N2O2/c13-12(14,15)8-19-6-5-11(18)17-7-9-3-1-2-4-10(9)16/h9-10H,1-8,16H2,(H,17,18). The number of halogens is 3. The highest BCUT2D eigenvalue weighted by Crippen LogP contribution is 2.22. The van der Waals surface area contributed by atoms with Gasteiger partial charge in [-0.2, -0.15) is 13.2 Å². The summed E-state index contributed by atoms with van der Waals surface area (Å²) >= 11 is 0. The molecule has 1 aliphatic rings. The highest BCUT2D eigenvalue weighted by atomic mass is 19.4. The summed E-state index contributed by atoms with van der Waals surface area (Å²) in [7, 11) is 0. The van der Waals surface area contributed by atoms with E-state index < -0.39 is 12.8 Å². The van der Waals surface area contributed by atoms with Crippen LogP contribution in [0, 0.1) is 5.92 Å². The third-order valence-corrected chi connectivity index (χ3v) is 3.27. The molecule has 0 saturated heterocycles. The van der Waals surface area contributed by atoms with Gasteiger partial charge in [0.15, 0.2) is 0 Å². The molecule has 1 aliphatic carbocycles. The Kier molecular flexibility index (Phi) is 6.57. The minimum Gasteiger partial charge on any atom is -0.372 e. The smallest absolute Gasteiger partial charge is 0.372 e. The van der Waals surface area contributed by atoms with Gasteiger partial charge in [-0.15, -0.1) is 0 Å². The van der Waals surface area contributed by atoms with Crippen LogP contribution in [0.3, 0.4) is 0 Å². The van der Waals surface area contributed by atoms with Gasteiger partial charge < -0.3 is 15.8 Å². The molecule has 19 heavy (non-hydrogen) atoms. The summed E-state index contributed by atoms with van der Waals surface area (Å²) in [6.07, 6.45) is -0.204. The summed E-state index contributed by atoms with van der Waals surface area (Å²) in [6, 6.07) is 0.107. The van der Waals surface area contributed by atoms with Crippen LogP contribution in [-0.2, 0) is 9.53 Å². The molecule has 112 valence electrons. The van der Waals surface area contributed by atoms with Crippen molar-refractivity contribution in [1.29, 1.82) is 0 Å². The van der Waals surface area contributed by atoms with Crippen LogP contribution in [-0.4, -0.2) is 37.9 Å². The van der Waals surface area contributed by atoms with Gasteiger partial charge in [-0.3, -0.25) is 4.79 Å². The van der Waals surface area contributed by atoms with Gasteiger partial charge >= 0.3 is 6.18 Å². The molecule has 0 aromatic heterocycles. The molecule has 1 fully saturated rings. The summed E-state index contributed by atoms with van der Waals surface area (Å²) in [6.45, 7) is -1.03. The van der Waals surface area contributed by atoms with Crippen molar-refractivity contribution < 1.29 is 22.7 Å². The fraction of sp³-hybridized carbons (Fsp3) is 0.917. The molecule has 7 heteroatoms. The van der Waals surface area contributed by atoms with Gasteiger partial charge in [-0.1, -0.05) is 12.8 Å². The Morgan fingerprint density at radius 2 is 2.00 bits per heavy atom. The number of alkyl halides is 3. The average Bonchev–Trinajstić information content (AvgIpc) is 2.32. The monoisotopic (exact) mass is 282 g/mol. The van der Waals surface area contributed by atoms with Crippen molar-refractivity contribution in [3.63, 3.8) is 0 Å². The van der Waals surface area contributed by atoms with Gasteiger partial charge in [0, 0.05) is 19.0 Å². The summed E-state index contributed by atoms with van der Waals surface area (Å²) in [5, 5.41) is 2.70. The van der Waals surface area contributed by atoms with Gasteiger partial charge in [-0.05, 0) is 18.8 Å². The lowest BCUT2D eigenvalue weighted by atomic mass is 9.85. The summed E-state index contributed by atoms with van der Waals surface area (Å²) in [5.41, 5.74) is 5.93. The maximum Gasteiger partial charge on any atom is 0.411 e. The van der Waals surface area contributed by atoms with Crippen LogP contribution >= 0.6 is 0 Å². The van der Waals surface area contributed by atoms with E-state index in [9.17, 15) is 18.0 Å². The van der Waals surface area contributed by atoms with E-state index in [2.05, 4.69) is 10.1 Å². The zero-order valence-electron chi connectivity index (χ0n) is 10.8. The highest BCUT2D eigenvalue weighted by molar-refractivity contribution is 5.75. The molecule has 0 aromatic carbocycles. The molecule has 4 nitrogen and oxygen atoms in total. The molecule has 1 amide bonds. The summed E-state index contributed by atoms with van der Waals surface area (Å²) in [4.78, 5) is 11.4. The number of amides is 1. The maximum absolute atomic E-state index is 11.8. The van der Waals surface area contributed by atoms with E-state index in [-0.39, 0.29) is 30.9 Å². The molecule has 0 aromatic rings. The number of nitrogens with one attached hydrogen (secondary N) is 1. The average molecular weight is 282 g/mol. The molecule has 2 unspecified atom stereocenters. The van der Waals surface area contributed by atoms with E-state index in [0.717, 1.165) is 25.7 Å². The Labute approximate surface area is 110 Å². The molecule has 0 heterocycles. The van der Waals surface area contributed by atoms with Gasteiger partial charge in [0.05, 0.1) is 6.61 Å². The molecule has 0 aliphatic heterocycles. The SMILES string of the molecule is NC1CCCCC1CNC(=O)CCOCC(F)(F)F. The molecule has 0 spiro atoms. The van der Waals surface area contributed by atoms with Crippen LogP contribution in [0.15, 0.2) is 0 Å². The Morgan fingerprint density at radius 3 is 2.63 bits per heavy atom. The van der Waals surface area contributed by atoms with E-state index in [4.69, 9.17) is 5.73 Å². The first-order valence-corrected chi connectivity index (χ1v) is 6.55. The van der Waals surface area contributed by atoms with Gasteiger partial charge in [0.2, 0.25) is 5.91 Å². The van der Waals surface area contributed by atoms with E-state index in [1.54, 1.807) is 0 Å². The lowest BCUT2D eigenvalue weighted by Crippen LogP contribution is -2.41. The molecule has 0 bridgehead atoms. The normalized spacial score (nSPS) is 24.2. The predicted octanol–water partition coefficient (Wildman–Crippen LogP) is 1.59. The predicted molar refractivity (Wildman–Crippen MR) is 64.4 cm³/mol. The largest absolute Gasteiger partial charge is 0.411 e. The van der Waals surface area contributed by atoms with Gasteiger partial charge in [0.25, 0.3) is 0 Å². The minimum atomic E-state index is -4.34. The molecular weight excluding hydrogens is 261 g/mol. The first kappa shape index (κ1) is 16.2. The third-order valence-electron chi connectivity index (χ3n) is 3.27. The Hall–Kier alpha value is -0.820. The summed E-state index contributed by atoms with van der Waals surface area (Å²) in [5.74, 6) is -0.0197. The number of hydrogen-bond acceptors (Lipinski definition) is 3. The highest BCUT2D eigenvalue weighted by Gasteiger charge is 2.27. The molecule has 2 atom stereocenters. The molecule has 1 rings (SSSR count). The fourth-order valence-electron chi connectivity index (χ4n) is 2.18. The molecule has 0 radical (unpaired) electrons. The maximum atomic E-state index is 11.8. The summed E-state index contributed by atoms with van der Waals surface area (Å²) < 4.78 is 39.7. The zero-order valence-corrected chi connectivity index (χ0v) is 10.8. The van der Waals surface area contributed by atoms with Crippen molar-refractivity contribution in [3.8, 4) is 0 Å². The number of carbonyl (C=O) groups is 1. The number of hydrogen-bond donors (Lipinski definition) is 2. The van der Waals surface area contributed by atoms with Crippen LogP contribution in [0.25, 0.3) is 0 Å². The zero-order chi connectivity index (χ0) is 14.3. The van der Waals surface area contributed by atoms with Crippen LogP contribution < -0.4 is 11.1 Å². The topological polar surface area (TPSA) is 64.3 Å². The lowest BCUT2D eigenvalue weighted by molar-refractivity contribution is -0.174. The van der Waals surface area contributed by atoms with Gasteiger partial charge in [-0.25, -0.2) is 0 Å². The van der Waals surface area contributed by atoms with Crippen molar-refractivity contribution in [2.75, 3.05) is 19.8 Å². The van der Waals surface area contributed by atoms with Crippen molar-refractivity contribution in [3.05, 3.63) is 0 Å². The number of nitrogens with two attached hydrogens (primary N) is 1. The quantitative estimate of drug-likeness (QED) is 0.727.